The van der Waals surface area contributed by atoms with Gasteiger partial charge in [0, 0.05) is 27.2 Å². The number of halogens is 2. The molecule has 0 amide bonds. The highest BCUT2D eigenvalue weighted by atomic mass is 32.2. The Hall–Kier alpha value is -0.350. The molecule has 2 N–H and O–H groups in total. The Balaban J connectivity index is 2.92. The first-order chi connectivity index (χ1) is 7.67. The lowest BCUT2D eigenvalue weighted by Crippen LogP contribution is -2.57. The van der Waals surface area contributed by atoms with Gasteiger partial charge >= 0.3 is 0 Å². The minimum absolute atomic E-state index is 0.384. The summed E-state index contributed by atoms with van der Waals surface area (Å²) in [6.07, 6.45) is -6.00. The molecule has 0 aromatic rings. The fraction of sp³-hybridized carbons (Fsp3) is 1.00. The van der Waals surface area contributed by atoms with Crippen LogP contribution in [-0.2, 0) is 10.2 Å². The smallest absolute Gasteiger partial charge is 0.281 e. The van der Waals surface area contributed by atoms with Gasteiger partial charge in [0.25, 0.3) is 10.2 Å². The van der Waals surface area contributed by atoms with Gasteiger partial charge < -0.3 is 10.2 Å². The molecule has 6 nitrogen and oxygen atoms in total. The van der Waals surface area contributed by atoms with Gasteiger partial charge in [-0.05, 0) is 0 Å². The zero-order valence-corrected chi connectivity index (χ0v) is 10.3. The SMILES string of the molecule is CN(C)S(=O)(=O)N1C[C@@H](O)[C@H](O)[C@@H](C(F)F)C1. The molecule has 3 atom stereocenters. The Morgan fingerprint density at radius 2 is 1.82 bits per heavy atom. The molecule has 0 aromatic carbocycles. The van der Waals surface area contributed by atoms with Crippen molar-refractivity contribution in [2.75, 3.05) is 27.2 Å². The van der Waals surface area contributed by atoms with Crippen LogP contribution in [0.2, 0.25) is 0 Å². The van der Waals surface area contributed by atoms with Crippen LogP contribution in [0.1, 0.15) is 0 Å². The van der Waals surface area contributed by atoms with Gasteiger partial charge in [-0.2, -0.15) is 17.0 Å². The minimum Gasteiger partial charge on any atom is -0.390 e. The molecule has 1 fully saturated rings. The van der Waals surface area contributed by atoms with Crippen LogP contribution in [0.25, 0.3) is 0 Å². The predicted octanol–water partition coefficient (Wildman–Crippen LogP) is -1.29. The fourth-order valence-corrected chi connectivity index (χ4v) is 2.83. The molecule has 0 bridgehead atoms. The molecule has 0 spiro atoms. The third-order valence-electron chi connectivity index (χ3n) is 2.75. The summed E-state index contributed by atoms with van der Waals surface area (Å²) in [6.45, 7) is -0.888. The van der Waals surface area contributed by atoms with Crippen LogP contribution >= 0.6 is 0 Å². The van der Waals surface area contributed by atoms with E-state index < -0.39 is 41.3 Å². The lowest BCUT2D eigenvalue weighted by molar-refractivity contribution is -0.102. The summed E-state index contributed by atoms with van der Waals surface area (Å²) in [5, 5.41) is 18.8. The van der Waals surface area contributed by atoms with Gasteiger partial charge in [-0.1, -0.05) is 0 Å². The zero-order chi connectivity index (χ0) is 13.4. The van der Waals surface area contributed by atoms with E-state index in [0.717, 1.165) is 8.61 Å². The number of aliphatic hydroxyl groups excluding tert-OH is 2. The summed E-state index contributed by atoms with van der Waals surface area (Å²) < 4.78 is 50.3. The minimum atomic E-state index is -3.86. The van der Waals surface area contributed by atoms with Crippen LogP contribution < -0.4 is 0 Å². The zero-order valence-electron chi connectivity index (χ0n) is 9.49. The molecule has 0 saturated carbocycles. The van der Waals surface area contributed by atoms with E-state index in [1.165, 1.54) is 14.1 Å². The van der Waals surface area contributed by atoms with Crippen LogP contribution in [0.5, 0.6) is 0 Å². The van der Waals surface area contributed by atoms with Crippen LogP contribution in [0.15, 0.2) is 0 Å². The van der Waals surface area contributed by atoms with Crippen LogP contribution in [0.4, 0.5) is 8.78 Å². The van der Waals surface area contributed by atoms with Crippen molar-refractivity contribution in [2.24, 2.45) is 5.92 Å². The molecule has 1 rings (SSSR count). The van der Waals surface area contributed by atoms with Crippen molar-refractivity contribution < 1.29 is 27.4 Å². The van der Waals surface area contributed by atoms with E-state index in [9.17, 15) is 27.4 Å². The van der Waals surface area contributed by atoms with E-state index in [4.69, 9.17) is 0 Å². The summed E-state index contributed by atoms with van der Waals surface area (Å²) in [5.41, 5.74) is 0. The van der Waals surface area contributed by atoms with Gasteiger partial charge in [0.2, 0.25) is 6.43 Å². The van der Waals surface area contributed by atoms with E-state index in [0.29, 0.717) is 0 Å². The second-order valence-corrected chi connectivity index (χ2v) is 6.31. The maximum absolute atomic E-state index is 12.6. The maximum Gasteiger partial charge on any atom is 0.281 e. The van der Waals surface area contributed by atoms with Gasteiger partial charge in [0.05, 0.1) is 18.1 Å². The molecule has 0 aromatic heterocycles. The quantitative estimate of drug-likeness (QED) is 0.671. The summed E-state index contributed by atoms with van der Waals surface area (Å²) in [4.78, 5) is 0. The van der Waals surface area contributed by atoms with Crippen molar-refractivity contribution in [3.63, 3.8) is 0 Å². The van der Waals surface area contributed by atoms with Crippen LogP contribution in [0, 0.1) is 5.92 Å². The summed E-state index contributed by atoms with van der Waals surface area (Å²) in [5.74, 6) is -1.58. The number of β-amino-alcohol motifs (C(OH)–C–C–N with tert-alkyl or cyclic N) is 1. The summed E-state index contributed by atoms with van der Waals surface area (Å²) in [7, 11) is -1.32. The largest absolute Gasteiger partial charge is 0.390 e. The van der Waals surface area contributed by atoms with Crippen molar-refractivity contribution in [3.05, 3.63) is 0 Å². The first-order valence-corrected chi connectivity index (χ1v) is 6.39. The van der Waals surface area contributed by atoms with Crippen molar-refractivity contribution in [1.82, 2.24) is 8.61 Å². The maximum atomic E-state index is 12.6. The van der Waals surface area contributed by atoms with Crippen molar-refractivity contribution >= 4 is 10.2 Å². The van der Waals surface area contributed by atoms with Gasteiger partial charge in [-0.15, -0.1) is 0 Å². The predicted molar refractivity (Wildman–Crippen MR) is 55.7 cm³/mol. The third kappa shape index (κ3) is 2.91. The summed E-state index contributed by atoms with van der Waals surface area (Å²) in [6, 6.07) is 0. The normalized spacial score (nSPS) is 32.4. The van der Waals surface area contributed by atoms with Gasteiger partial charge in [0.15, 0.2) is 0 Å². The second kappa shape index (κ2) is 5.11. The van der Waals surface area contributed by atoms with Crippen molar-refractivity contribution in [3.8, 4) is 0 Å². The Morgan fingerprint density at radius 1 is 1.29 bits per heavy atom. The molecule has 0 radical (unpaired) electrons. The Labute approximate surface area is 98.6 Å². The van der Waals surface area contributed by atoms with Gasteiger partial charge in [0.1, 0.15) is 0 Å². The highest BCUT2D eigenvalue weighted by Gasteiger charge is 2.43. The monoisotopic (exact) mass is 274 g/mol. The molecule has 1 aliphatic rings. The Morgan fingerprint density at radius 3 is 2.24 bits per heavy atom. The number of rotatable bonds is 3. The molecule has 1 aliphatic heterocycles. The lowest BCUT2D eigenvalue weighted by atomic mass is 9.94. The molecule has 1 heterocycles. The van der Waals surface area contributed by atoms with Crippen molar-refractivity contribution in [2.45, 2.75) is 18.6 Å². The molecule has 17 heavy (non-hydrogen) atoms. The number of hydrogen-bond donors (Lipinski definition) is 2. The topological polar surface area (TPSA) is 81.1 Å². The molecule has 9 heteroatoms. The van der Waals surface area contributed by atoms with E-state index >= 15 is 0 Å². The van der Waals surface area contributed by atoms with E-state index in [2.05, 4.69) is 0 Å². The van der Waals surface area contributed by atoms with Crippen LogP contribution in [0.3, 0.4) is 0 Å². The lowest BCUT2D eigenvalue weighted by Gasteiger charge is -2.38. The standard InChI is InChI=1S/C8H16F2N2O4S/c1-11(2)17(15,16)12-3-5(8(9)10)7(14)6(13)4-12/h5-8,13-14H,3-4H2,1-2H3/t5-,6+,7+/m0/s1. The van der Waals surface area contributed by atoms with Gasteiger partial charge in [-0.3, -0.25) is 0 Å². The first-order valence-electron chi connectivity index (χ1n) is 4.99. The number of alkyl halides is 2. The van der Waals surface area contributed by atoms with Crippen LogP contribution in [-0.4, -0.2) is 73.1 Å². The van der Waals surface area contributed by atoms with Crippen molar-refractivity contribution in [1.29, 1.82) is 0 Å². The molecule has 0 unspecified atom stereocenters. The van der Waals surface area contributed by atoms with E-state index in [1.54, 1.807) is 0 Å². The molecular weight excluding hydrogens is 258 g/mol. The Bertz CT molecular complexity index is 363. The highest BCUT2D eigenvalue weighted by Crippen LogP contribution is 2.25. The second-order valence-electron chi connectivity index (χ2n) is 4.16. The Kier molecular flexibility index (Phi) is 4.42. The molecular formula is C8H16F2N2O4S. The first kappa shape index (κ1) is 14.7. The average Bonchev–Trinajstić information content (AvgIpc) is 2.20. The summed E-state index contributed by atoms with van der Waals surface area (Å²) >= 11 is 0. The third-order valence-corrected chi connectivity index (χ3v) is 4.62. The number of nitrogens with zero attached hydrogens (tertiary/aromatic N) is 2. The van der Waals surface area contributed by atoms with E-state index in [-0.39, 0.29) is 6.54 Å². The highest BCUT2D eigenvalue weighted by molar-refractivity contribution is 7.86. The fourth-order valence-electron chi connectivity index (χ4n) is 1.67. The molecule has 0 aliphatic carbocycles. The van der Waals surface area contributed by atoms with Gasteiger partial charge in [-0.25, -0.2) is 8.78 Å². The number of hydrogen-bond acceptors (Lipinski definition) is 4. The molecule has 1 saturated heterocycles. The average molecular weight is 274 g/mol. The number of aliphatic hydroxyl groups is 2. The molecule has 102 valence electrons. The van der Waals surface area contributed by atoms with E-state index in [1.807, 2.05) is 0 Å². The number of piperidine rings is 1.